The SMILES string of the molecule is Cc1nc(-n2cccc2C)cc(I)c1Br. The minimum atomic E-state index is 0.975. The third-order valence-electron chi connectivity index (χ3n) is 2.26. The lowest BCUT2D eigenvalue weighted by molar-refractivity contribution is 0.942. The van der Waals surface area contributed by atoms with Gasteiger partial charge in [0.15, 0.2) is 0 Å². The molecule has 15 heavy (non-hydrogen) atoms. The Labute approximate surface area is 111 Å². The summed E-state index contributed by atoms with van der Waals surface area (Å²) in [6.45, 7) is 4.08. The number of hydrogen-bond donors (Lipinski definition) is 0. The third kappa shape index (κ3) is 2.10. The molecule has 2 heterocycles. The van der Waals surface area contributed by atoms with Crippen LogP contribution >= 0.6 is 38.5 Å². The van der Waals surface area contributed by atoms with Gasteiger partial charge in [0.1, 0.15) is 5.82 Å². The van der Waals surface area contributed by atoms with Gasteiger partial charge in [-0.2, -0.15) is 0 Å². The first-order valence-corrected chi connectivity index (χ1v) is 6.44. The molecule has 2 rings (SSSR count). The van der Waals surface area contributed by atoms with Crippen LogP contribution in [-0.4, -0.2) is 9.55 Å². The Balaban J connectivity index is 2.60. The Morgan fingerprint density at radius 1 is 1.40 bits per heavy atom. The topological polar surface area (TPSA) is 17.8 Å². The van der Waals surface area contributed by atoms with Crippen LogP contribution in [0.4, 0.5) is 0 Å². The van der Waals surface area contributed by atoms with E-state index in [0.29, 0.717) is 0 Å². The van der Waals surface area contributed by atoms with E-state index in [9.17, 15) is 0 Å². The molecule has 2 aromatic heterocycles. The fourth-order valence-corrected chi connectivity index (χ4v) is 2.32. The first-order valence-electron chi connectivity index (χ1n) is 4.56. The summed E-state index contributed by atoms with van der Waals surface area (Å²) in [7, 11) is 0. The number of pyridine rings is 1. The summed E-state index contributed by atoms with van der Waals surface area (Å²) in [6, 6.07) is 6.18. The first-order chi connectivity index (χ1) is 7.09. The molecule has 0 bridgehead atoms. The van der Waals surface area contributed by atoms with Crippen molar-refractivity contribution in [2.75, 3.05) is 0 Å². The zero-order chi connectivity index (χ0) is 11.0. The van der Waals surface area contributed by atoms with E-state index in [4.69, 9.17) is 0 Å². The summed E-state index contributed by atoms with van der Waals surface area (Å²) < 4.78 is 4.35. The van der Waals surface area contributed by atoms with Crippen molar-refractivity contribution in [2.45, 2.75) is 13.8 Å². The Hall–Kier alpha value is -0.360. The van der Waals surface area contributed by atoms with Crippen LogP contribution in [0.15, 0.2) is 28.9 Å². The van der Waals surface area contributed by atoms with E-state index >= 15 is 0 Å². The second-order valence-electron chi connectivity index (χ2n) is 3.38. The fraction of sp³-hybridized carbons (Fsp3) is 0.182. The van der Waals surface area contributed by atoms with Crippen molar-refractivity contribution in [3.63, 3.8) is 0 Å². The summed E-state index contributed by atoms with van der Waals surface area (Å²) in [4.78, 5) is 4.55. The van der Waals surface area contributed by atoms with Crippen molar-refractivity contribution >= 4 is 38.5 Å². The standard InChI is InChI=1S/C11H10BrIN2/c1-7-4-3-5-15(7)10-6-9(13)11(12)8(2)14-10/h3-6H,1-2H3. The molecular weight excluding hydrogens is 367 g/mol. The Kier molecular flexibility index (Phi) is 3.16. The number of aryl methyl sites for hydroxylation is 2. The molecule has 78 valence electrons. The highest BCUT2D eigenvalue weighted by atomic mass is 127. The van der Waals surface area contributed by atoms with Gasteiger partial charge in [-0.15, -0.1) is 0 Å². The van der Waals surface area contributed by atoms with Crippen LogP contribution in [-0.2, 0) is 0 Å². The minimum absolute atomic E-state index is 0.975. The van der Waals surface area contributed by atoms with E-state index in [1.165, 1.54) is 9.26 Å². The quantitative estimate of drug-likeness (QED) is 0.691. The lowest BCUT2D eigenvalue weighted by Gasteiger charge is -2.08. The summed E-state index contributed by atoms with van der Waals surface area (Å²) in [5.74, 6) is 0.975. The molecule has 2 nitrogen and oxygen atoms in total. The van der Waals surface area contributed by atoms with E-state index in [2.05, 4.69) is 67.1 Å². The molecule has 0 aliphatic rings. The smallest absolute Gasteiger partial charge is 0.138 e. The van der Waals surface area contributed by atoms with Crippen molar-refractivity contribution in [2.24, 2.45) is 0 Å². The molecule has 0 N–H and O–H groups in total. The molecule has 0 aromatic carbocycles. The summed E-state index contributed by atoms with van der Waals surface area (Å²) in [5, 5.41) is 0. The molecule has 0 spiro atoms. The normalized spacial score (nSPS) is 10.7. The van der Waals surface area contributed by atoms with Crippen molar-refractivity contribution < 1.29 is 0 Å². The fourth-order valence-electron chi connectivity index (χ4n) is 1.45. The van der Waals surface area contributed by atoms with Crippen LogP contribution in [0.1, 0.15) is 11.4 Å². The maximum Gasteiger partial charge on any atom is 0.138 e. The molecule has 0 aliphatic carbocycles. The molecule has 0 saturated carbocycles. The second kappa shape index (κ2) is 4.25. The highest BCUT2D eigenvalue weighted by Crippen LogP contribution is 2.24. The molecule has 0 aliphatic heterocycles. The summed E-state index contributed by atoms with van der Waals surface area (Å²) in [5.41, 5.74) is 2.21. The zero-order valence-corrected chi connectivity index (χ0v) is 12.2. The Bertz CT molecular complexity index is 482. The third-order valence-corrected chi connectivity index (χ3v) is 4.86. The zero-order valence-electron chi connectivity index (χ0n) is 8.46. The van der Waals surface area contributed by atoms with Crippen LogP contribution < -0.4 is 0 Å². The molecule has 0 atom stereocenters. The predicted molar refractivity (Wildman–Crippen MR) is 73.5 cm³/mol. The molecule has 0 amide bonds. The Morgan fingerprint density at radius 3 is 2.67 bits per heavy atom. The number of aromatic nitrogens is 2. The molecule has 0 unspecified atom stereocenters. The molecule has 4 heteroatoms. The van der Waals surface area contributed by atoms with Crippen molar-refractivity contribution in [3.8, 4) is 5.82 Å². The average Bonchev–Trinajstić information content (AvgIpc) is 2.60. The molecule has 0 saturated heterocycles. The maximum absolute atomic E-state index is 4.55. The van der Waals surface area contributed by atoms with Crippen molar-refractivity contribution in [3.05, 3.63) is 43.8 Å². The van der Waals surface area contributed by atoms with Gasteiger partial charge in [0, 0.05) is 15.5 Å². The largest absolute Gasteiger partial charge is 0.306 e. The molecule has 0 radical (unpaired) electrons. The first kappa shape index (κ1) is 11.1. The van der Waals surface area contributed by atoms with Gasteiger partial charge in [-0.1, -0.05) is 0 Å². The van der Waals surface area contributed by atoms with Crippen LogP contribution in [0.25, 0.3) is 5.82 Å². The van der Waals surface area contributed by atoms with Gasteiger partial charge in [0.05, 0.1) is 10.2 Å². The van der Waals surface area contributed by atoms with E-state index in [0.717, 1.165) is 16.0 Å². The van der Waals surface area contributed by atoms with Crippen molar-refractivity contribution in [1.82, 2.24) is 9.55 Å². The van der Waals surface area contributed by atoms with Crippen LogP contribution in [0.3, 0.4) is 0 Å². The molecular formula is C11H10BrIN2. The van der Waals surface area contributed by atoms with Crippen LogP contribution in [0.2, 0.25) is 0 Å². The average molecular weight is 377 g/mol. The van der Waals surface area contributed by atoms with E-state index in [-0.39, 0.29) is 0 Å². The minimum Gasteiger partial charge on any atom is -0.306 e. The van der Waals surface area contributed by atoms with Gasteiger partial charge in [-0.3, -0.25) is 0 Å². The summed E-state index contributed by atoms with van der Waals surface area (Å²) >= 11 is 5.83. The predicted octanol–water partition coefficient (Wildman–Crippen LogP) is 3.86. The van der Waals surface area contributed by atoms with Crippen LogP contribution in [0.5, 0.6) is 0 Å². The number of rotatable bonds is 1. The van der Waals surface area contributed by atoms with E-state index < -0.39 is 0 Å². The van der Waals surface area contributed by atoms with Gasteiger partial charge in [-0.05, 0) is 70.6 Å². The lowest BCUT2D eigenvalue weighted by Crippen LogP contribution is -2.00. The van der Waals surface area contributed by atoms with E-state index in [1.807, 2.05) is 19.2 Å². The maximum atomic E-state index is 4.55. The lowest BCUT2D eigenvalue weighted by atomic mass is 10.3. The molecule has 2 aromatic rings. The van der Waals surface area contributed by atoms with Crippen molar-refractivity contribution in [1.29, 1.82) is 0 Å². The second-order valence-corrected chi connectivity index (χ2v) is 5.34. The van der Waals surface area contributed by atoms with Gasteiger partial charge in [-0.25, -0.2) is 4.98 Å². The number of halogens is 2. The van der Waals surface area contributed by atoms with Gasteiger partial charge >= 0.3 is 0 Å². The van der Waals surface area contributed by atoms with Gasteiger partial charge in [0.25, 0.3) is 0 Å². The highest BCUT2D eigenvalue weighted by molar-refractivity contribution is 14.1. The summed E-state index contributed by atoms with van der Waals surface area (Å²) in [6.07, 6.45) is 2.03. The number of nitrogens with zero attached hydrogens (tertiary/aromatic N) is 2. The molecule has 0 fully saturated rings. The van der Waals surface area contributed by atoms with Gasteiger partial charge in [0.2, 0.25) is 0 Å². The Morgan fingerprint density at radius 2 is 2.13 bits per heavy atom. The highest BCUT2D eigenvalue weighted by Gasteiger charge is 2.07. The monoisotopic (exact) mass is 376 g/mol. The number of hydrogen-bond acceptors (Lipinski definition) is 1. The van der Waals surface area contributed by atoms with Crippen LogP contribution in [0, 0.1) is 17.4 Å². The van der Waals surface area contributed by atoms with E-state index in [1.54, 1.807) is 0 Å². The van der Waals surface area contributed by atoms with Gasteiger partial charge < -0.3 is 4.57 Å².